The number of nitrogens with one attached hydrogen (secondary N) is 1. The van der Waals surface area contributed by atoms with Gasteiger partial charge in [0.15, 0.2) is 0 Å². The fourth-order valence-electron chi connectivity index (χ4n) is 3.75. The molecule has 2 aliphatic heterocycles. The van der Waals surface area contributed by atoms with Crippen molar-refractivity contribution in [1.29, 1.82) is 0 Å². The van der Waals surface area contributed by atoms with E-state index in [2.05, 4.69) is 20.1 Å². The number of hydrogen-bond acceptors (Lipinski definition) is 4. The molecule has 0 radical (unpaired) electrons. The Labute approximate surface area is 132 Å². The number of hydrogen-bond donors (Lipinski definition) is 1. The number of nitrogens with zero attached hydrogens (tertiary/aromatic N) is 3. The van der Waals surface area contributed by atoms with Crippen molar-refractivity contribution in [3.63, 3.8) is 0 Å². The van der Waals surface area contributed by atoms with E-state index in [9.17, 15) is 4.79 Å². The van der Waals surface area contributed by atoms with Gasteiger partial charge in [-0.25, -0.2) is 0 Å². The first-order valence-corrected chi connectivity index (χ1v) is 8.23. The summed E-state index contributed by atoms with van der Waals surface area (Å²) in [7, 11) is 2.01. The quantitative estimate of drug-likeness (QED) is 0.905. The highest BCUT2D eigenvalue weighted by molar-refractivity contribution is 5.78. The van der Waals surface area contributed by atoms with Crippen LogP contribution >= 0.6 is 0 Å². The fraction of sp³-hybridized carbons (Fsp3) is 0.647. The molecule has 1 amide bonds. The van der Waals surface area contributed by atoms with Gasteiger partial charge >= 0.3 is 0 Å². The average molecular weight is 302 g/mol. The van der Waals surface area contributed by atoms with Crippen LogP contribution in [0.4, 0.5) is 0 Å². The van der Waals surface area contributed by atoms with Gasteiger partial charge in [0.25, 0.3) is 0 Å². The van der Waals surface area contributed by atoms with E-state index in [1.807, 2.05) is 19.2 Å². The Hall–Kier alpha value is -1.46. The maximum Gasteiger partial charge on any atom is 0.236 e. The van der Waals surface area contributed by atoms with Crippen LogP contribution in [0.1, 0.15) is 24.8 Å². The van der Waals surface area contributed by atoms with Crippen molar-refractivity contribution in [2.45, 2.75) is 25.8 Å². The van der Waals surface area contributed by atoms with Crippen LogP contribution in [-0.2, 0) is 11.3 Å². The van der Waals surface area contributed by atoms with E-state index >= 15 is 0 Å². The Kier molecular flexibility index (Phi) is 4.74. The minimum Gasteiger partial charge on any atom is -0.341 e. The minimum atomic E-state index is 0.266. The highest BCUT2D eigenvalue weighted by atomic mass is 16.2. The van der Waals surface area contributed by atoms with Crippen LogP contribution in [0.2, 0.25) is 0 Å². The van der Waals surface area contributed by atoms with Crippen molar-refractivity contribution >= 4 is 5.91 Å². The van der Waals surface area contributed by atoms with E-state index in [1.165, 1.54) is 18.4 Å². The Morgan fingerprint density at radius 2 is 2.23 bits per heavy atom. The number of aromatic nitrogens is 1. The van der Waals surface area contributed by atoms with E-state index in [4.69, 9.17) is 0 Å². The van der Waals surface area contributed by atoms with Crippen molar-refractivity contribution in [3.05, 3.63) is 30.1 Å². The van der Waals surface area contributed by atoms with Crippen molar-refractivity contribution in [3.8, 4) is 0 Å². The van der Waals surface area contributed by atoms with Gasteiger partial charge in [0, 0.05) is 44.0 Å². The predicted molar refractivity (Wildman–Crippen MR) is 86.3 cm³/mol. The van der Waals surface area contributed by atoms with Crippen molar-refractivity contribution < 1.29 is 4.79 Å². The lowest BCUT2D eigenvalue weighted by Gasteiger charge is -2.40. The third-order valence-electron chi connectivity index (χ3n) is 4.95. The standard InChI is InChI=1S/C17H26N4O/c1-20(11-15-3-7-18-8-4-15)12-16(22)21-10-2-5-17(14-21)6-9-19-13-17/h3-4,7-8,19H,2,5-6,9-14H2,1H3. The molecule has 1 aromatic rings. The van der Waals surface area contributed by atoms with E-state index in [0.29, 0.717) is 12.0 Å². The Morgan fingerprint density at radius 3 is 2.95 bits per heavy atom. The largest absolute Gasteiger partial charge is 0.341 e. The number of pyridine rings is 1. The zero-order valence-corrected chi connectivity index (χ0v) is 13.4. The molecule has 1 aromatic heterocycles. The summed E-state index contributed by atoms with van der Waals surface area (Å²) in [5.74, 6) is 0.266. The van der Waals surface area contributed by atoms with Crippen molar-refractivity contribution in [1.82, 2.24) is 20.1 Å². The summed E-state index contributed by atoms with van der Waals surface area (Å²) in [6, 6.07) is 4.00. The molecule has 2 saturated heterocycles. The van der Waals surface area contributed by atoms with Crippen LogP contribution in [0.15, 0.2) is 24.5 Å². The van der Waals surface area contributed by atoms with Crippen molar-refractivity contribution in [2.75, 3.05) is 39.8 Å². The van der Waals surface area contributed by atoms with Crippen LogP contribution in [0.3, 0.4) is 0 Å². The molecule has 1 spiro atoms. The zero-order chi connectivity index (χ0) is 15.4. The lowest BCUT2D eigenvalue weighted by molar-refractivity contribution is -0.135. The number of likely N-dealkylation sites (tertiary alicyclic amines) is 1. The summed E-state index contributed by atoms with van der Waals surface area (Å²) in [6.07, 6.45) is 7.21. The van der Waals surface area contributed by atoms with Gasteiger partial charge in [-0.05, 0) is 50.6 Å². The molecular weight excluding hydrogens is 276 g/mol. The summed E-state index contributed by atoms with van der Waals surface area (Å²) in [5.41, 5.74) is 1.54. The molecule has 5 heteroatoms. The third kappa shape index (κ3) is 3.65. The topological polar surface area (TPSA) is 48.5 Å². The van der Waals surface area contributed by atoms with Crippen LogP contribution in [0.25, 0.3) is 0 Å². The van der Waals surface area contributed by atoms with E-state index < -0.39 is 0 Å². The summed E-state index contributed by atoms with van der Waals surface area (Å²) in [6.45, 7) is 5.31. The second kappa shape index (κ2) is 6.75. The lowest BCUT2D eigenvalue weighted by atomic mass is 9.79. The zero-order valence-electron chi connectivity index (χ0n) is 13.4. The SMILES string of the molecule is CN(CC(=O)N1CCCC2(CCNC2)C1)Cc1ccncc1. The van der Waals surface area contributed by atoms with Gasteiger partial charge in [0.1, 0.15) is 0 Å². The maximum absolute atomic E-state index is 12.6. The molecule has 1 unspecified atom stereocenters. The van der Waals surface area contributed by atoms with Crippen LogP contribution in [-0.4, -0.2) is 60.5 Å². The third-order valence-corrected chi connectivity index (χ3v) is 4.95. The fourth-order valence-corrected chi connectivity index (χ4v) is 3.75. The number of carbonyl (C=O) groups excluding carboxylic acids is 1. The van der Waals surface area contributed by atoms with E-state index in [0.717, 1.165) is 39.1 Å². The van der Waals surface area contributed by atoms with Gasteiger partial charge in [-0.15, -0.1) is 0 Å². The Morgan fingerprint density at radius 1 is 1.41 bits per heavy atom. The molecule has 3 rings (SSSR count). The Bertz CT molecular complexity index is 499. The molecule has 1 atom stereocenters. The number of piperidine rings is 1. The van der Waals surface area contributed by atoms with Gasteiger partial charge < -0.3 is 10.2 Å². The molecule has 2 fully saturated rings. The molecule has 1 N–H and O–H groups in total. The van der Waals surface area contributed by atoms with Gasteiger partial charge in [-0.2, -0.15) is 0 Å². The second-order valence-electron chi connectivity index (χ2n) is 6.87. The Balaban J connectivity index is 1.52. The van der Waals surface area contributed by atoms with Crippen LogP contribution in [0.5, 0.6) is 0 Å². The molecule has 2 aliphatic rings. The summed E-state index contributed by atoms with van der Waals surface area (Å²) in [4.78, 5) is 20.8. The summed E-state index contributed by atoms with van der Waals surface area (Å²) in [5, 5.41) is 3.46. The predicted octanol–water partition coefficient (Wildman–Crippen LogP) is 1.12. The lowest BCUT2D eigenvalue weighted by Crippen LogP contribution is -2.49. The van der Waals surface area contributed by atoms with Crippen LogP contribution in [0, 0.1) is 5.41 Å². The minimum absolute atomic E-state index is 0.266. The van der Waals surface area contributed by atoms with Crippen LogP contribution < -0.4 is 5.32 Å². The summed E-state index contributed by atoms with van der Waals surface area (Å²) < 4.78 is 0. The van der Waals surface area contributed by atoms with E-state index in [-0.39, 0.29) is 5.91 Å². The maximum atomic E-state index is 12.6. The second-order valence-corrected chi connectivity index (χ2v) is 6.87. The van der Waals surface area contributed by atoms with Gasteiger partial charge in [-0.1, -0.05) is 0 Å². The molecule has 0 saturated carbocycles. The summed E-state index contributed by atoms with van der Waals surface area (Å²) >= 11 is 0. The molecule has 3 heterocycles. The number of carbonyl (C=O) groups is 1. The van der Waals surface area contributed by atoms with Crippen molar-refractivity contribution in [2.24, 2.45) is 5.41 Å². The highest BCUT2D eigenvalue weighted by Crippen LogP contribution is 2.35. The molecule has 0 aromatic carbocycles. The highest BCUT2D eigenvalue weighted by Gasteiger charge is 2.39. The molecule has 0 bridgehead atoms. The normalized spacial score (nSPS) is 25.1. The molecular formula is C17H26N4O. The monoisotopic (exact) mass is 302 g/mol. The number of amides is 1. The first-order valence-electron chi connectivity index (χ1n) is 8.23. The number of rotatable bonds is 4. The van der Waals surface area contributed by atoms with Gasteiger partial charge in [0.05, 0.1) is 6.54 Å². The van der Waals surface area contributed by atoms with E-state index in [1.54, 1.807) is 12.4 Å². The van der Waals surface area contributed by atoms with Gasteiger partial charge in [-0.3, -0.25) is 14.7 Å². The smallest absolute Gasteiger partial charge is 0.236 e. The molecule has 0 aliphatic carbocycles. The first kappa shape index (κ1) is 15.4. The number of likely N-dealkylation sites (N-methyl/N-ethyl adjacent to an activating group) is 1. The first-order chi connectivity index (χ1) is 10.7. The molecule has 22 heavy (non-hydrogen) atoms. The molecule has 5 nitrogen and oxygen atoms in total. The average Bonchev–Trinajstić information content (AvgIpc) is 2.96. The van der Waals surface area contributed by atoms with Gasteiger partial charge in [0.2, 0.25) is 5.91 Å². The molecule has 120 valence electrons.